The van der Waals surface area contributed by atoms with Crippen molar-refractivity contribution in [3.63, 3.8) is 0 Å². The van der Waals surface area contributed by atoms with Crippen LogP contribution in [0.4, 0.5) is 8.78 Å². The van der Waals surface area contributed by atoms with Crippen molar-refractivity contribution >= 4 is 6.29 Å². The fourth-order valence-electron chi connectivity index (χ4n) is 3.03. The highest BCUT2D eigenvalue weighted by molar-refractivity contribution is 5.56. The molecule has 0 saturated carbocycles. The molecule has 3 rings (SSSR count). The number of carbonyl (C=O) groups excluding carboxylic acids is 1. The van der Waals surface area contributed by atoms with E-state index < -0.39 is 6.23 Å². The van der Waals surface area contributed by atoms with Crippen LogP contribution in [0.2, 0.25) is 0 Å². The van der Waals surface area contributed by atoms with E-state index in [1.54, 1.807) is 12.1 Å². The second-order valence-electron chi connectivity index (χ2n) is 6.43. The van der Waals surface area contributed by atoms with Crippen LogP contribution in [0.25, 0.3) is 0 Å². The Balaban J connectivity index is 1.66. The van der Waals surface area contributed by atoms with Crippen LogP contribution < -0.4 is 4.74 Å². The first-order chi connectivity index (χ1) is 12.5. The van der Waals surface area contributed by atoms with Gasteiger partial charge >= 0.3 is 0 Å². The predicted molar refractivity (Wildman–Crippen MR) is 92.9 cm³/mol. The lowest BCUT2D eigenvalue weighted by molar-refractivity contribution is -0.138. The van der Waals surface area contributed by atoms with Crippen LogP contribution in [-0.2, 0) is 16.0 Å². The first-order valence-corrected chi connectivity index (χ1v) is 8.54. The third-order valence-electron chi connectivity index (χ3n) is 4.44. The van der Waals surface area contributed by atoms with Crippen molar-refractivity contribution < 1.29 is 23.0 Å². The van der Waals surface area contributed by atoms with Crippen LogP contribution >= 0.6 is 0 Å². The Bertz CT molecular complexity index is 721. The fourth-order valence-corrected chi connectivity index (χ4v) is 3.03. The summed E-state index contributed by atoms with van der Waals surface area (Å²) in [5.41, 5.74) is 0.966. The number of hydrogen-bond acceptors (Lipinski definition) is 4. The van der Waals surface area contributed by atoms with Gasteiger partial charge in [-0.1, -0.05) is 12.1 Å². The van der Waals surface area contributed by atoms with E-state index in [1.165, 1.54) is 36.4 Å². The minimum Gasteiger partial charge on any atom is -0.468 e. The lowest BCUT2D eigenvalue weighted by atomic mass is 10.0. The lowest BCUT2D eigenvalue weighted by Crippen LogP contribution is -2.55. The minimum absolute atomic E-state index is 0.00452. The van der Waals surface area contributed by atoms with E-state index >= 15 is 0 Å². The molecular formula is C20H21F2NO3. The third kappa shape index (κ3) is 4.65. The smallest absolute Gasteiger partial charge is 0.209 e. The van der Waals surface area contributed by atoms with Crippen LogP contribution in [0.1, 0.15) is 12.5 Å². The van der Waals surface area contributed by atoms with Gasteiger partial charge in [0.1, 0.15) is 17.4 Å². The van der Waals surface area contributed by atoms with Gasteiger partial charge in [-0.15, -0.1) is 0 Å². The summed E-state index contributed by atoms with van der Waals surface area (Å²) < 4.78 is 37.7. The van der Waals surface area contributed by atoms with Gasteiger partial charge in [-0.3, -0.25) is 9.69 Å². The van der Waals surface area contributed by atoms with Gasteiger partial charge in [0.05, 0.1) is 12.7 Å². The van der Waals surface area contributed by atoms with Crippen LogP contribution in [0.15, 0.2) is 48.5 Å². The highest BCUT2D eigenvalue weighted by atomic mass is 19.1. The van der Waals surface area contributed by atoms with Gasteiger partial charge in [-0.2, -0.15) is 0 Å². The Hall–Kier alpha value is -2.31. The molecule has 138 valence electrons. The van der Waals surface area contributed by atoms with Crippen molar-refractivity contribution in [2.75, 3.05) is 13.2 Å². The molecule has 1 fully saturated rings. The molecule has 6 heteroatoms. The third-order valence-corrected chi connectivity index (χ3v) is 4.44. The van der Waals surface area contributed by atoms with Crippen LogP contribution in [0.5, 0.6) is 5.75 Å². The fraction of sp³-hybridized carbons (Fsp3) is 0.350. The summed E-state index contributed by atoms with van der Waals surface area (Å²) in [6.07, 6.45) is 0.442. The Morgan fingerprint density at radius 1 is 1.15 bits per heavy atom. The summed E-state index contributed by atoms with van der Waals surface area (Å²) in [5, 5.41) is 0. The summed E-state index contributed by atoms with van der Waals surface area (Å²) in [5.74, 6) is -0.210. The van der Waals surface area contributed by atoms with Crippen LogP contribution in [-0.4, -0.2) is 42.7 Å². The Labute approximate surface area is 151 Å². The van der Waals surface area contributed by atoms with E-state index in [2.05, 4.69) is 0 Å². The molecule has 0 amide bonds. The average Bonchev–Trinajstić information content (AvgIpc) is 2.65. The first kappa shape index (κ1) is 18.5. The maximum absolute atomic E-state index is 13.0. The molecule has 0 radical (unpaired) electrons. The maximum atomic E-state index is 13.0. The molecule has 1 aliphatic heterocycles. The maximum Gasteiger partial charge on any atom is 0.209 e. The number of halogens is 2. The van der Waals surface area contributed by atoms with Crippen molar-refractivity contribution in [3.8, 4) is 5.75 Å². The number of carbonyl (C=O) groups is 1. The molecule has 0 aromatic heterocycles. The van der Waals surface area contributed by atoms with Gasteiger partial charge in [0, 0.05) is 12.6 Å². The second-order valence-corrected chi connectivity index (χ2v) is 6.43. The van der Waals surface area contributed by atoms with E-state index in [9.17, 15) is 13.6 Å². The zero-order valence-corrected chi connectivity index (χ0v) is 14.5. The zero-order valence-electron chi connectivity index (χ0n) is 14.5. The second kappa shape index (κ2) is 8.38. The first-order valence-electron chi connectivity index (χ1n) is 8.54. The highest BCUT2D eigenvalue weighted by Crippen LogP contribution is 2.21. The van der Waals surface area contributed by atoms with Gasteiger partial charge in [0.15, 0.2) is 6.29 Å². The minimum atomic E-state index is -0.782. The van der Waals surface area contributed by atoms with E-state index in [-0.39, 0.29) is 23.8 Å². The molecule has 0 bridgehead atoms. The van der Waals surface area contributed by atoms with Gasteiger partial charge in [-0.05, 0) is 55.3 Å². The molecule has 1 aliphatic rings. The molecule has 1 heterocycles. The molecule has 0 N–H and O–H groups in total. The SMILES string of the molecule is C[C@H]1CO[C@H](Cc2ccc(F)cc2)CN1C(C=O)Oc1ccc(F)cc1. The summed E-state index contributed by atoms with van der Waals surface area (Å²) in [7, 11) is 0. The molecule has 1 unspecified atom stereocenters. The number of hydrogen-bond donors (Lipinski definition) is 0. The molecular weight excluding hydrogens is 340 g/mol. The average molecular weight is 361 g/mol. The Kier molecular flexibility index (Phi) is 5.96. The topological polar surface area (TPSA) is 38.8 Å². The monoisotopic (exact) mass is 361 g/mol. The van der Waals surface area contributed by atoms with Gasteiger partial charge < -0.3 is 9.47 Å². The molecule has 0 aliphatic carbocycles. The predicted octanol–water partition coefficient (Wildman–Crippen LogP) is 3.20. The van der Waals surface area contributed by atoms with Gasteiger partial charge in [0.25, 0.3) is 0 Å². The molecule has 2 aromatic carbocycles. The van der Waals surface area contributed by atoms with Crippen LogP contribution in [0, 0.1) is 11.6 Å². The van der Waals surface area contributed by atoms with E-state index in [0.717, 1.165) is 11.8 Å². The number of ether oxygens (including phenoxy) is 2. The normalized spacial score (nSPS) is 22.0. The van der Waals surface area contributed by atoms with E-state index in [1.807, 2.05) is 11.8 Å². The summed E-state index contributed by atoms with van der Waals surface area (Å²) in [6, 6.07) is 11.9. The van der Waals surface area contributed by atoms with Crippen molar-refractivity contribution in [3.05, 3.63) is 65.7 Å². The van der Waals surface area contributed by atoms with Gasteiger partial charge in [-0.25, -0.2) is 8.78 Å². The summed E-state index contributed by atoms with van der Waals surface area (Å²) in [6.45, 7) is 2.92. The number of morpholine rings is 1. The molecule has 26 heavy (non-hydrogen) atoms. The quantitative estimate of drug-likeness (QED) is 0.741. The molecule has 4 nitrogen and oxygen atoms in total. The van der Waals surface area contributed by atoms with Crippen molar-refractivity contribution in [2.24, 2.45) is 0 Å². The van der Waals surface area contributed by atoms with E-state index in [4.69, 9.17) is 9.47 Å². The molecule has 2 aromatic rings. The van der Waals surface area contributed by atoms with Gasteiger partial charge in [0.2, 0.25) is 6.23 Å². The molecule has 3 atom stereocenters. The standard InChI is InChI=1S/C20H21F2NO3/c1-14-13-25-19(10-15-2-4-16(21)5-3-15)11-23(14)20(12-24)26-18-8-6-17(22)7-9-18/h2-9,12,14,19-20H,10-11,13H2,1H3/t14-,19+,20?/m0/s1. The molecule has 0 spiro atoms. The Morgan fingerprint density at radius 3 is 2.38 bits per heavy atom. The van der Waals surface area contributed by atoms with Crippen LogP contribution in [0.3, 0.4) is 0 Å². The van der Waals surface area contributed by atoms with E-state index in [0.29, 0.717) is 25.3 Å². The summed E-state index contributed by atoms with van der Waals surface area (Å²) in [4.78, 5) is 13.5. The van der Waals surface area contributed by atoms with Crippen molar-refractivity contribution in [1.29, 1.82) is 0 Å². The highest BCUT2D eigenvalue weighted by Gasteiger charge is 2.32. The summed E-state index contributed by atoms with van der Waals surface area (Å²) >= 11 is 0. The lowest BCUT2D eigenvalue weighted by Gasteiger charge is -2.40. The zero-order chi connectivity index (χ0) is 18.5. The molecule has 1 saturated heterocycles. The Morgan fingerprint density at radius 2 is 1.77 bits per heavy atom. The number of aldehydes is 1. The number of nitrogens with zero attached hydrogens (tertiary/aromatic N) is 1. The number of rotatable bonds is 6. The van der Waals surface area contributed by atoms with Crippen molar-refractivity contribution in [2.45, 2.75) is 31.7 Å². The largest absolute Gasteiger partial charge is 0.468 e. The van der Waals surface area contributed by atoms with Crippen molar-refractivity contribution in [1.82, 2.24) is 4.90 Å². The number of benzene rings is 2.